The molecule has 0 spiro atoms. The number of hydrogen-bond donors (Lipinski definition) is 4. The van der Waals surface area contributed by atoms with Crippen LogP contribution in [0.5, 0.6) is 0 Å². The van der Waals surface area contributed by atoms with Crippen molar-refractivity contribution in [3.63, 3.8) is 0 Å². The quantitative estimate of drug-likeness (QED) is 0.0504. The summed E-state index contributed by atoms with van der Waals surface area (Å²) in [6, 6.07) is 8.11. The number of nitrogens with zero attached hydrogens (tertiary/aromatic N) is 2. The van der Waals surface area contributed by atoms with Crippen molar-refractivity contribution >= 4 is 17.7 Å². The van der Waals surface area contributed by atoms with Crippen LogP contribution in [0, 0.1) is 23.0 Å². The van der Waals surface area contributed by atoms with Crippen LogP contribution < -0.4 is 16.0 Å². The van der Waals surface area contributed by atoms with Gasteiger partial charge in [0.1, 0.15) is 19.9 Å². The van der Waals surface area contributed by atoms with Gasteiger partial charge >= 0.3 is 0 Å². The summed E-state index contributed by atoms with van der Waals surface area (Å²) in [5, 5.41) is 34.7. The van der Waals surface area contributed by atoms with Gasteiger partial charge in [0, 0.05) is 39.1 Å². The van der Waals surface area contributed by atoms with E-state index < -0.39 is 30.1 Å². The molecule has 1 aromatic rings. The highest BCUT2D eigenvalue weighted by Gasteiger charge is 2.36. The Balaban J connectivity index is 1.46. The maximum atomic E-state index is 14.5. The Morgan fingerprint density at radius 3 is 2.33 bits per heavy atom. The van der Waals surface area contributed by atoms with Gasteiger partial charge in [-0.1, -0.05) is 96.0 Å². The van der Waals surface area contributed by atoms with E-state index in [1.54, 1.807) is 7.11 Å². The average Bonchev–Trinajstić information content (AvgIpc) is 3.22. The molecule has 1 unspecified atom stereocenters. The second-order valence-corrected chi connectivity index (χ2v) is 17.2. The summed E-state index contributed by atoms with van der Waals surface area (Å²) < 4.78 is 15.9. The van der Waals surface area contributed by atoms with Gasteiger partial charge in [-0.2, -0.15) is 0 Å². The fraction of sp³-hybridized carbons (Fsp3) is 0.795. The number of quaternary nitrogens is 1. The summed E-state index contributed by atoms with van der Waals surface area (Å²) in [4.78, 5) is 44.2. The number of piperidine rings is 1. The molecule has 2 saturated heterocycles. The predicted octanol–water partition coefficient (Wildman–Crippen LogP) is 4.69. The van der Waals surface area contributed by atoms with Crippen LogP contribution in [0.15, 0.2) is 30.3 Å². The predicted molar refractivity (Wildman–Crippen MR) is 222 cm³/mol. The first-order valence-corrected chi connectivity index (χ1v) is 22.1. The van der Waals surface area contributed by atoms with Crippen molar-refractivity contribution in [1.29, 1.82) is 0 Å². The highest BCUT2D eigenvalue weighted by Crippen LogP contribution is 2.30. The van der Waals surface area contributed by atoms with E-state index in [2.05, 4.69) is 22.9 Å². The van der Waals surface area contributed by atoms with Gasteiger partial charge in [0.05, 0.1) is 50.1 Å². The highest BCUT2D eigenvalue weighted by molar-refractivity contribution is 5.86. The van der Waals surface area contributed by atoms with Crippen LogP contribution in [0.3, 0.4) is 0 Å². The van der Waals surface area contributed by atoms with Crippen molar-refractivity contribution in [3.05, 3.63) is 41.1 Å². The lowest BCUT2D eigenvalue weighted by molar-refractivity contribution is -0.888. The maximum Gasteiger partial charge on any atom is 0.240 e. The number of carbonyl (C=O) groups is 3. The largest absolute Gasteiger partial charge is 0.633 e. The first-order valence-electron chi connectivity index (χ1n) is 22.1. The third-order valence-corrected chi connectivity index (χ3v) is 12.4. The Labute approximate surface area is 342 Å². The second-order valence-electron chi connectivity index (χ2n) is 17.2. The molecule has 2 aliphatic heterocycles. The molecule has 3 aliphatic rings. The van der Waals surface area contributed by atoms with E-state index in [1.807, 2.05) is 49.1 Å². The molecule has 0 radical (unpaired) electrons. The second kappa shape index (κ2) is 25.1. The van der Waals surface area contributed by atoms with E-state index in [4.69, 9.17) is 14.2 Å². The molecule has 4 rings (SSSR count). The minimum atomic E-state index is -0.937. The van der Waals surface area contributed by atoms with E-state index in [-0.39, 0.29) is 47.6 Å². The topological polar surface area (TPSA) is 162 Å². The number of ether oxygens (including phenoxy) is 3. The Kier molecular flexibility index (Phi) is 20.7. The van der Waals surface area contributed by atoms with Crippen molar-refractivity contribution in [2.45, 2.75) is 141 Å². The number of rotatable bonds is 24. The smallest absolute Gasteiger partial charge is 0.240 e. The first-order chi connectivity index (χ1) is 27.5. The Morgan fingerprint density at radius 1 is 0.982 bits per heavy atom. The van der Waals surface area contributed by atoms with E-state index in [0.29, 0.717) is 84.1 Å². The monoisotopic (exact) mass is 802 g/mol. The van der Waals surface area contributed by atoms with Crippen LogP contribution in [-0.2, 0) is 35.0 Å². The number of morpholine rings is 1. The number of aliphatic hydroxyl groups is 1. The highest BCUT2D eigenvalue weighted by atomic mass is 16.7. The number of carbonyl (C=O) groups excluding carboxylic acids is 3. The minimum absolute atomic E-state index is 0.0277. The number of benzene rings is 1. The van der Waals surface area contributed by atoms with E-state index in [1.165, 1.54) is 6.42 Å². The van der Waals surface area contributed by atoms with Gasteiger partial charge in [-0.3, -0.25) is 19.7 Å². The fourth-order valence-corrected chi connectivity index (χ4v) is 8.73. The molecule has 1 saturated carbocycles. The number of unbranched alkanes of at least 4 members (excludes halogenated alkanes) is 1. The molecule has 5 atom stereocenters. The molecule has 3 fully saturated rings. The normalized spacial score (nSPS) is 20.7. The number of hydrogen-bond acceptors (Lipinski definition) is 9. The molecule has 2 heterocycles. The van der Waals surface area contributed by atoms with E-state index >= 15 is 0 Å². The van der Waals surface area contributed by atoms with Crippen LogP contribution in [-0.4, -0.2) is 129 Å². The fourth-order valence-electron chi connectivity index (χ4n) is 8.73. The van der Waals surface area contributed by atoms with Crippen molar-refractivity contribution in [3.8, 4) is 0 Å². The molecule has 4 N–H and O–H groups in total. The van der Waals surface area contributed by atoms with Gasteiger partial charge in [-0.15, -0.1) is 0 Å². The van der Waals surface area contributed by atoms with Gasteiger partial charge in [0.2, 0.25) is 17.7 Å². The molecule has 57 heavy (non-hydrogen) atoms. The van der Waals surface area contributed by atoms with Crippen LogP contribution in [0.25, 0.3) is 0 Å². The zero-order valence-electron chi connectivity index (χ0n) is 35.5. The van der Waals surface area contributed by atoms with Gasteiger partial charge in [0.25, 0.3) is 0 Å². The van der Waals surface area contributed by atoms with Crippen molar-refractivity contribution in [2.75, 3.05) is 66.4 Å². The maximum absolute atomic E-state index is 14.5. The van der Waals surface area contributed by atoms with Gasteiger partial charge in [0.15, 0.2) is 0 Å². The summed E-state index contributed by atoms with van der Waals surface area (Å²) >= 11 is 0. The molecule has 324 valence electrons. The average molecular weight is 802 g/mol. The molecule has 13 nitrogen and oxygen atoms in total. The molecule has 1 aromatic carbocycles. The summed E-state index contributed by atoms with van der Waals surface area (Å²) in [6.45, 7) is 10.1. The van der Waals surface area contributed by atoms with Crippen molar-refractivity contribution in [1.82, 2.24) is 20.9 Å². The van der Waals surface area contributed by atoms with Crippen molar-refractivity contribution in [2.24, 2.45) is 17.8 Å². The first kappa shape index (κ1) is 47.0. The molecular weight excluding hydrogens is 727 g/mol. The van der Waals surface area contributed by atoms with Crippen LogP contribution in [0.1, 0.15) is 110 Å². The lowest BCUT2D eigenvalue weighted by atomic mass is 9.81. The molecular formula is C44H75N5O8. The molecule has 13 heteroatoms. The summed E-state index contributed by atoms with van der Waals surface area (Å²) in [7, 11) is 1.60. The summed E-state index contributed by atoms with van der Waals surface area (Å²) in [5.74, 6) is -0.508. The molecule has 1 aliphatic carbocycles. The number of amides is 3. The minimum Gasteiger partial charge on any atom is -0.633 e. The Morgan fingerprint density at radius 2 is 1.68 bits per heavy atom. The van der Waals surface area contributed by atoms with Gasteiger partial charge in [-0.25, -0.2) is 0 Å². The van der Waals surface area contributed by atoms with E-state index in [0.717, 1.165) is 56.9 Å². The number of nitrogens with one attached hydrogen (secondary N) is 3. The summed E-state index contributed by atoms with van der Waals surface area (Å²) in [6.07, 6.45) is 10.2. The molecule has 0 bridgehead atoms. The Hall–Kier alpha value is -2.65. The number of hydroxylamine groups is 3. The van der Waals surface area contributed by atoms with Crippen LogP contribution in [0.4, 0.5) is 0 Å². The number of methoxy groups -OCH3 is 1. The third kappa shape index (κ3) is 16.1. The molecule has 3 amide bonds. The Bertz CT molecular complexity index is 1300. The zero-order valence-corrected chi connectivity index (χ0v) is 35.5. The summed E-state index contributed by atoms with van der Waals surface area (Å²) in [5.41, 5.74) is 1.01. The lowest BCUT2D eigenvalue weighted by Crippen LogP contribution is -2.58. The number of aliphatic hydroxyl groups excluding tert-OH is 1. The zero-order chi connectivity index (χ0) is 41.0. The number of likely N-dealkylation sites (tertiary alicyclic amines) is 1. The SMILES string of the molecule is CCCC[C@H](NC(Cc1ccccc1)C(=O)N1CCC(OCOC)CC1)C(=O)N[C@@H](CC1CCCCC1)[C@@H](O)C[C@H](C(=O)NCCC[N+]1([O-])CCOCC1)C(C)C. The van der Waals surface area contributed by atoms with Gasteiger partial charge in [-0.05, 0) is 55.9 Å². The van der Waals surface area contributed by atoms with Crippen LogP contribution >= 0.6 is 0 Å². The molecule has 0 aromatic heterocycles. The lowest BCUT2D eigenvalue weighted by Gasteiger charge is -2.45. The standard InChI is InChI=1S/C44H75N5O8/c1-5-6-18-38(46-40(30-35-16-11-8-12-17-35)44(53)48-22-19-36(20-23-48)57-32-55-4)43(52)47-39(29-34-14-9-7-10-15-34)41(50)31-37(33(2)3)42(51)45-21-13-24-49(54)25-27-56-28-26-49/h8,11-12,16-17,33-34,36-41,46,50H,5-7,9-10,13-15,18-32H2,1-4H3,(H,45,51)(H,47,52)/t37-,38-,39-,40?,41-/m0/s1. The third-order valence-electron chi connectivity index (χ3n) is 12.4. The van der Waals surface area contributed by atoms with Gasteiger partial charge < -0.3 is 44.7 Å². The van der Waals surface area contributed by atoms with E-state index in [9.17, 15) is 24.7 Å². The van der Waals surface area contributed by atoms with Crippen LogP contribution in [0.2, 0.25) is 0 Å². The van der Waals surface area contributed by atoms with Crippen molar-refractivity contribution < 1.29 is 38.3 Å².